The summed E-state index contributed by atoms with van der Waals surface area (Å²) in [6.07, 6.45) is -4.34. The summed E-state index contributed by atoms with van der Waals surface area (Å²) in [5.74, 6) is -0.375. The molecule has 2 aromatic heterocycles. The standard InChI is InChI=1S/C10H7F3N2OS2/c11-10(12,13)7-5-18-9(14-7)15-8(16)4-6-2-1-3-17-6/h1-3,5H,4H2,(H,14,15,16). The quantitative estimate of drug-likeness (QED) is 0.942. The Hall–Kier alpha value is -1.41. The molecule has 0 unspecified atom stereocenters. The highest BCUT2D eigenvalue weighted by molar-refractivity contribution is 7.14. The van der Waals surface area contributed by atoms with E-state index in [9.17, 15) is 18.0 Å². The fourth-order valence-corrected chi connectivity index (χ4v) is 2.63. The summed E-state index contributed by atoms with van der Waals surface area (Å²) >= 11 is 2.17. The smallest absolute Gasteiger partial charge is 0.302 e. The first-order valence-electron chi connectivity index (χ1n) is 4.80. The molecule has 0 aliphatic carbocycles. The zero-order valence-corrected chi connectivity index (χ0v) is 10.5. The maximum Gasteiger partial charge on any atom is 0.434 e. The number of thiazole rings is 1. The van der Waals surface area contributed by atoms with Crippen LogP contribution in [-0.2, 0) is 17.4 Å². The minimum Gasteiger partial charge on any atom is -0.302 e. The second-order valence-electron chi connectivity index (χ2n) is 3.34. The first-order chi connectivity index (χ1) is 8.45. The SMILES string of the molecule is O=C(Cc1cccs1)Nc1nc(C(F)(F)F)cs1. The van der Waals surface area contributed by atoms with E-state index < -0.39 is 11.9 Å². The van der Waals surface area contributed by atoms with Crippen molar-refractivity contribution in [2.75, 3.05) is 5.32 Å². The third-order valence-corrected chi connectivity index (χ3v) is 3.59. The number of alkyl halides is 3. The Labute approximate surface area is 108 Å². The zero-order valence-electron chi connectivity index (χ0n) is 8.82. The molecule has 0 radical (unpaired) electrons. The number of thiophene rings is 1. The van der Waals surface area contributed by atoms with Gasteiger partial charge in [-0.25, -0.2) is 4.98 Å². The highest BCUT2D eigenvalue weighted by Crippen LogP contribution is 2.31. The van der Waals surface area contributed by atoms with Crippen LogP contribution < -0.4 is 5.32 Å². The summed E-state index contributed by atoms with van der Waals surface area (Å²) in [4.78, 5) is 15.7. The van der Waals surface area contributed by atoms with Gasteiger partial charge in [0.15, 0.2) is 10.8 Å². The highest BCUT2D eigenvalue weighted by Gasteiger charge is 2.33. The number of nitrogens with one attached hydrogen (secondary N) is 1. The predicted octanol–water partition coefficient (Wildman–Crippen LogP) is 3.40. The molecule has 0 spiro atoms. The molecule has 3 nitrogen and oxygen atoms in total. The zero-order chi connectivity index (χ0) is 13.2. The van der Waals surface area contributed by atoms with Crippen molar-refractivity contribution in [2.24, 2.45) is 0 Å². The number of carbonyl (C=O) groups is 1. The number of rotatable bonds is 3. The predicted molar refractivity (Wildman–Crippen MR) is 63.8 cm³/mol. The molecule has 1 N–H and O–H groups in total. The number of aromatic nitrogens is 1. The molecule has 0 bridgehead atoms. The van der Waals surface area contributed by atoms with Gasteiger partial charge in [0, 0.05) is 10.3 Å². The monoisotopic (exact) mass is 292 g/mol. The molecule has 96 valence electrons. The van der Waals surface area contributed by atoms with Crippen molar-refractivity contribution < 1.29 is 18.0 Å². The number of halogens is 3. The molecular weight excluding hydrogens is 285 g/mol. The summed E-state index contributed by atoms with van der Waals surface area (Å²) in [6, 6.07) is 3.59. The largest absolute Gasteiger partial charge is 0.434 e. The van der Waals surface area contributed by atoms with Crippen LogP contribution in [0.1, 0.15) is 10.6 Å². The molecule has 0 aliphatic heterocycles. The van der Waals surface area contributed by atoms with Crippen LogP contribution >= 0.6 is 22.7 Å². The molecule has 18 heavy (non-hydrogen) atoms. The summed E-state index contributed by atoms with van der Waals surface area (Å²) in [6.45, 7) is 0. The van der Waals surface area contributed by atoms with Gasteiger partial charge in [0.1, 0.15) is 0 Å². The van der Waals surface area contributed by atoms with Gasteiger partial charge in [0.05, 0.1) is 6.42 Å². The van der Waals surface area contributed by atoms with Crippen molar-refractivity contribution in [3.8, 4) is 0 Å². The van der Waals surface area contributed by atoms with E-state index in [0.717, 1.165) is 21.6 Å². The van der Waals surface area contributed by atoms with E-state index in [2.05, 4.69) is 10.3 Å². The summed E-state index contributed by atoms with van der Waals surface area (Å²) in [5.41, 5.74) is -0.987. The number of carbonyl (C=O) groups excluding carboxylic acids is 1. The van der Waals surface area contributed by atoms with Crippen molar-refractivity contribution in [2.45, 2.75) is 12.6 Å². The third kappa shape index (κ3) is 3.30. The summed E-state index contributed by atoms with van der Waals surface area (Å²) in [5, 5.41) is 5.01. The van der Waals surface area contributed by atoms with Gasteiger partial charge in [-0.1, -0.05) is 6.07 Å². The number of anilines is 1. The van der Waals surface area contributed by atoms with E-state index in [0.29, 0.717) is 0 Å². The molecule has 0 saturated carbocycles. The Bertz CT molecular complexity index is 534. The average Bonchev–Trinajstić information content (AvgIpc) is 2.87. The molecule has 0 saturated heterocycles. The molecule has 0 aromatic carbocycles. The van der Waals surface area contributed by atoms with Gasteiger partial charge in [0.2, 0.25) is 5.91 Å². The van der Waals surface area contributed by atoms with Gasteiger partial charge in [-0.3, -0.25) is 4.79 Å². The first kappa shape index (κ1) is 13.0. The molecule has 1 amide bonds. The van der Waals surface area contributed by atoms with Gasteiger partial charge in [-0.15, -0.1) is 22.7 Å². The molecule has 2 rings (SSSR count). The van der Waals surface area contributed by atoms with Crippen molar-refractivity contribution >= 4 is 33.7 Å². The van der Waals surface area contributed by atoms with Gasteiger partial charge in [0.25, 0.3) is 0 Å². The highest BCUT2D eigenvalue weighted by atomic mass is 32.1. The molecule has 0 atom stereocenters. The summed E-state index contributed by atoms with van der Waals surface area (Å²) < 4.78 is 36.8. The second-order valence-corrected chi connectivity index (χ2v) is 5.23. The Morgan fingerprint density at radius 2 is 2.17 bits per heavy atom. The van der Waals surface area contributed by atoms with Crippen molar-refractivity contribution in [1.82, 2.24) is 4.98 Å². The maximum absolute atomic E-state index is 12.3. The van der Waals surface area contributed by atoms with Crippen LogP contribution in [0.2, 0.25) is 0 Å². The van der Waals surface area contributed by atoms with Gasteiger partial charge < -0.3 is 5.32 Å². The number of amides is 1. The van der Waals surface area contributed by atoms with Crippen LogP contribution in [0.15, 0.2) is 22.9 Å². The van der Waals surface area contributed by atoms with E-state index >= 15 is 0 Å². The van der Waals surface area contributed by atoms with Crippen LogP contribution in [0, 0.1) is 0 Å². The van der Waals surface area contributed by atoms with E-state index in [-0.39, 0.29) is 17.5 Å². The normalized spacial score (nSPS) is 11.5. The Kier molecular flexibility index (Phi) is 3.67. The Balaban J connectivity index is 1.97. The van der Waals surface area contributed by atoms with Gasteiger partial charge >= 0.3 is 6.18 Å². The van der Waals surface area contributed by atoms with Gasteiger partial charge in [-0.2, -0.15) is 13.2 Å². The molecule has 0 aliphatic rings. The van der Waals surface area contributed by atoms with Crippen LogP contribution in [-0.4, -0.2) is 10.9 Å². The van der Waals surface area contributed by atoms with E-state index in [1.165, 1.54) is 11.3 Å². The lowest BCUT2D eigenvalue weighted by Crippen LogP contribution is -2.14. The Morgan fingerprint density at radius 1 is 1.39 bits per heavy atom. The van der Waals surface area contributed by atoms with Crippen LogP contribution in [0.25, 0.3) is 0 Å². The van der Waals surface area contributed by atoms with Crippen molar-refractivity contribution in [3.63, 3.8) is 0 Å². The molecule has 2 heterocycles. The lowest BCUT2D eigenvalue weighted by Gasteiger charge is -2.01. The Morgan fingerprint density at radius 3 is 2.72 bits per heavy atom. The number of hydrogen-bond acceptors (Lipinski definition) is 4. The molecule has 2 aromatic rings. The van der Waals surface area contributed by atoms with Crippen LogP contribution in [0.5, 0.6) is 0 Å². The topological polar surface area (TPSA) is 42.0 Å². The number of nitrogens with zero attached hydrogens (tertiary/aromatic N) is 1. The van der Waals surface area contributed by atoms with Crippen LogP contribution in [0.3, 0.4) is 0 Å². The second kappa shape index (κ2) is 5.07. The minimum absolute atomic E-state index is 0.0381. The van der Waals surface area contributed by atoms with E-state index in [1.54, 1.807) is 12.1 Å². The third-order valence-electron chi connectivity index (χ3n) is 1.96. The lowest BCUT2D eigenvalue weighted by atomic mass is 10.3. The lowest BCUT2D eigenvalue weighted by molar-refractivity contribution is -0.140. The molecular formula is C10H7F3N2OS2. The van der Waals surface area contributed by atoms with Crippen LogP contribution in [0.4, 0.5) is 18.3 Å². The fraction of sp³-hybridized carbons (Fsp3) is 0.200. The van der Waals surface area contributed by atoms with Crippen molar-refractivity contribution in [1.29, 1.82) is 0 Å². The molecule has 8 heteroatoms. The van der Waals surface area contributed by atoms with Gasteiger partial charge in [-0.05, 0) is 11.4 Å². The first-order valence-corrected chi connectivity index (χ1v) is 6.56. The fourth-order valence-electron chi connectivity index (χ4n) is 1.20. The van der Waals surface area contributed by atoms with E-state index in [4.69, 9.17) is 0 Å². The summed E-state index contributed by atoms with van der Waals surface area (Å²) in [7, 11) is 0. The average molecular weight is 292 g/mol. The molecule has 0 fully saturated rings. The van der Waals surface area contributed by atoms with E-state index in [1.807, 2.05) is 5.38 Å². The maximum atomic E-state index is 12.3. The number of hydrogen-bond donors (Lipinski definition) is 1. The minimum atomic E-state index is -4.48. The van der Waals surface area contributed by atoms with Crippen molar-refractivity contribution in [3.05, 3.63) is 33.5 Å².